The van der Waals surface area contributed by atoms with Crippen LogP contribution in [0.1, 0.15) is 24.4 Å². The van der Waals surface area contributed by atoms with Crippen molar-refractivity contribution in [1.82, 2.24) is 0 Å². The Morgan fingerprint density at radius 3 is 2.47 bits per heavy atom. The number of nitrogens with two attached hydrogens (primary N) is 1. The van der Waals surface area contributed by atoms with Gasteiger partial charge in [-0.3, -0.25) is 0 Å². The van der Waals surface area contributed by atoms with E-state index in [4.69, 9.17) is 19.9 Å². The molecule has 19 heavy (non-hydrogen) atoms. The fourth-order valence-corrected chi connectivity index (χ4v) is 3.10. The number of hydrogen-bond acceptors (Lipinski definition) is 4. The molecule has 0 aliphatic carbocycles. The van der Waals surface area contributed by atoms with Gasteiger partial charge in [0.25, 0.3) is 0 Å². The van der Waals surface area contributed by atoms with Gasteiger partial charge in [0.1, 0.15) is 0 Å². The zero-order chi connectivity index (χ0) is 12.5. The summed E-state index contributed by atoms with van der Waals surface area (Å²) in [7, 11) is 0. The highest BCUT2D eigenvalue weighted by molar-refractivity contribution is 9.10. The molecule has 0 spiro atoms. The van der Waals surface area contributed by atoms with E-state index in [1.807, 2.05) is 12.1 Å². The maximum atomic E-state index is 6.38. The lowest BCUT2D eigenvalue weighted by Crippen LogP contribution is -2.27. The summed E-state index contributed by atoms with van der Waals surface area (Å²) in [6.45, 7) is 1.90. The molecule has 2 N–H and O–H groups in total. The first-order chi connectivity index (χ1) is 8.75. The van der Waals surface area contributed by atoms with Gasteiger partial charge in [-0.15, -0.1) is 12.4 Å². The van der Waals surface area contributed by atoms with Crippen molar-refractivity contribution in [2.45, 2.75) is 18.9 Å². The van der Waals surface area contributed by atoms with Crippen molar-refractivity contribution < 1.29 is 14.2 Å². The van der Waals surface area contributed by atoms with E-state index in [1.165, 1.54) is 0 Å². The molecule has 6 heteroatoms. The third-order valence-corrected chi connectivity index (χ3v) is 4.31. The van der Waals surface area contributed by atoms with Crippen LogP contribution in [0.4, 0.5) is 0 Å². The number of benzene rings is 1. The van der Waals surface area contributed by atoms with Crippen molar-refractivity contribution in [3.8, 4) is 11.5 Å². The first-order valence-electron chi connectivity index (χ1n) is 6.18. The highest BCUT2D eigenvalue weighted by Gasteiger charge is 2.26. The maximum absolute atomic E-state index is 6.38. The average molecular weight is 351 g/mol. The largest absolute Gasteiger partial charge is 0.454 e. The summed E-state index contributed by atoms with van der Waals surface area (Å²) >= 11 is 3.57. The van der Waals surface area contributed by atoms with Crippen LogP contribution < -0.4 is 15.2 Å². The second kappa shape index (κ2) is 6.31. The van der Waals surface area contributed by atoms with Crippen LogP contribution in [-0.2, 0) is 4.74 Å². The molecule has 2 aliphatic heterocycles. The molecule has 106 valence electrons. The summed E-state index contributed by atoms with van der Waals surface area (Å²) in [5.41, 5.74) is 7.47. The van der Waals surface area contributed by atoms with Crippen LogP contribution in [0.2, 0.25) is 0 Å². The summed E-state index contributed by atoms with van der Waals surface area (Å²) in [5.74, 6) is 2.04. The first-order valence-corrected chi connectivity index (χ1v) is 6.97. The van der Waals surface area contributed by atoms with Crippen LogP contribution in [-0.4, -0.2) is 20.0 Å². The normalized spacial score (nSPS) is 19.9. The minimum atomic E-state index is 0. The van der Waals surface area contributed by atoms with Gasteiger partial charge in [-0.05, 0) is 36.5 Å². The van der Waals surface area contributed by atoms with E-state index in [9.17, 15) is 0 Å². The lowest BCUT2D eigenvalue weighted by molar-refractivity contribution is 0.0583. The van der Waals surface area contributed by atoms with E-state index in [1.54, 1.807) is 0 Å². The molecule has 1 fully saturated rings. The van der Waals surface area contributed by atoms with Gasteiger partial charge in [0.2, 0.25) is 6.79 Å². The predicted octanol–water partition coefficient (Wildman–Crippen LogP) is 3.03. The highest BCUT2D eigenvalue weighted by atomic mass is 79.9. The maximum Gasteiger partial charge on any atom is 0.231 e. The van der Waals surface area contributed by atoms with Crippen LogP contribution in [0.15, 0.2) is 16.6 Å². The fourth-order valence-electron chi connectivity index (χ4n) is 2.52. The molecule has 0 aromatic heterocycles. The number of fused-ring (bicyclic) bond motifs is 1. The van der Waals surface area contributed by atoms with Crippen molar-refractivity contribution in [2.24, 2.45) is 11.7 Å². The highest BCUT2D eigenvalue weighted by Crippen LogP contribution is 2.41. The minimum absolute atomic E-state index is 0. The second-order valence-electron chi connectivity index (χ2n) is 4.70. The minimum Gasteiger partial charge on any atom is -0.454 e. The van der Waals surface area contributed by atoms with Gasteiger partial charge in [-0.2, -0.15) is 0 Å². The summed E-state index contributed by atoms with van der Waals surface area (Å²) in [6.07, 6.45) is 2.03. The summed E-state index contributed by atoms with van der Waals surface area (Å²) in [4.78, 5) is 0. The van der Waals surface area contributed by atoms with Crippen molar-refractivity contribution >= 4 is 28.3 Å². The van der Waals surface area contributed by atoms with E-state index in [0.717, 1.165) is 47.6 Å². The van der Waals surface area contributed by atoms with Crippen LogP contribution >= 0.6 is 28.3 Å². The van der Waals surface area contributed by atoms with Gasteiger partial charge in [0.05, 0.1) is 0 Å². The van der Waals surface area contributed by atoms with E-state index in [0.29, 0.717) is 5.92 Å². The molecule has 1 aromatic carbocycles. The Balaban J connectivity index is 0.00000133. The predicted molar refractivity (Wildman–Crippen MR) is 78.0 cm³/mol. The van der Waals surface area contributed by atoms with Crippen LogP contribution in [0.3, 0.4) is 0 Å². The molecular formula is C13H17BrClNO3. The Labute approximate surface area is 127 Å². The van der Waals surface area contributed by atoms with E-state index >= 15 is 0 Å². The van der Waals surface area contributed by atoms with Gasteiger partial charge >= 0.3 is 0 Å². The molecule has 0 radical (unpaired) electrons. The fraction of sp³-hybridized carbons (Fsp3) is 0.538. The summed E-state index contributed by atoms with van der Waals surface area (Å²) in [6, 6.07) is 3.95. The number of halogens is 2. The Bertz CT molecular complexity index is 452. The molecule has 2 heterocycles. The van der Waals surface area contributed by atoms with Crippen LogP contribution in [0, 0.1) is 5.92 Å². The Morgan fingerprint density at radius 2 is 1.79 bits per heavy atom. The zero-order valence-electron chi connectivity index (χ0n) is 10.4. The molecule has 3 rings (SSSR count). The topological polar surface area (TPSA) is 53.7 Å². The van der Waals surface area contributed by atoms with E-state index in [2.05, 4.69) is 15.9 Å². The lowest BCUT2D eigenvalue weighted by atomic mass is 9.87. The zero-order valence-corrected chi connectivity index (χ0v) is 12.8. The van der Waals surface area contributed by atoms with Crippen molar-refractivity contribution in [3.05, 3.63) is 22.2 Å². The number of rotatable bonds is 2. The van der Waals surface area contributed by atoms with Crippen molar-refractivity contribution in [1.29, 1.82) is 0 Å². The van der Waals surface area contributed by atoms with Crippen LogP contribution in [0.25, 0.3) is 0 Å². The first kappa shape index (κ1) is 14.9. The molecule has 4 nitrogen and oxygen atoms in total. The smallest absolute Gasteiger partial charge is 0.231 e. The molecule has 1 saturated heterocycles. The van der Waals surface area contributed by atoms with Gasteiger partial charge in [-0.1, -0.05) is 15.9 Å². The van der Waals surface area contributed by atoms with Crippen molar-refractivity contribution in [3.63, 3.8) is 0 Å². The molecule has 0 saturated carbocycles. The molecule has 0 unspecified atom stereocenters. The molecule has 1 atom stereocenters. The van der Waals surface area contributed by atoms with Gasteiger partial charge < -0.3 is 19.9 Å². The SMILES string of the molecule is Cl.N[C@H](c1cc2c(cc1Br)OCO2)C1CCOCC1. The van der Waals surface area contributed by atoms with Crippen molar-refractivity contribution in [2.75, 3.05) is 20.0 Å². The Hall–Kier alpha value is -0.490. The molecule has 1 aromatic rings. The van der Waals surface area contributed by atoms with E-state index in [-0.39, 0.29) is 25.2 Å². The number of hydrogen-bond donors (Lipinski definition) is 1. The van der Waals surface area contributed by atoms with Crippen LogP contribution in [0.5, 0.6) is 11.5 Å². The van der Waals surface area contributed by atoms with Gasteiger partial charge in [-0.25, -0.2) is 0 Å². The summed E-state index contributed by atoms with van der Waals surface area (Å²) in [5, 5.41) is 0. The standard InChI is InChI=1S/C13H16BrNO3.ClH/c14-10-6-12-11(17-7-18-12)5-9(10)13(15)8-1-3-16-4-2-8;/h5-6,8,13H,1-4,7,15H2;1H/t13-;/m0./s1. The Kier molecular flexibility index (Phi) is 4.95. The quantitative estimate of drug-likeness (QED) is 0.891. The van der Waals surface area contributed by atoms with Gasteiger partial charge in [0.15, 0.2) is 11.5 Å². The number of ether oxygens (including phenoxy) is 3. The Morgan fingerprint density at radius 1 is 1.16 bits per heavy atom. The molecule has 0 bridgehead atoms. The third kappa shape index (κ3) is 2.99. The second-order valence-corrected chi connectivity index (χ2v) is 5.56. The molecule has 2 aliphatic rings. The summed E-state index contributed by atoms with van der Waals surface area (Å²) < 4.78 is 17.1. The third-order valence-electron chi connectivity index (χ3n) is 3.62. The van der Waals surface area contributed by atoms with E-state index < -0.39 is 0 Å². The lowest BCUT2D eigenvalue weighted by Gasteiger charge is -2.28. The van der Waals surface area contributed by atoms with Gasteiger partial charge in [0, 0.05) is 23.7 Å². The monoisotopic (exact) mass is 349 g/mol. The molecular weight excluding hydrogens is 334 g/mol. The average Bonchev–Trinajstić information content (AvgIpc) is 2.85. The molecule has 0 amide bonds.